The molecule has 4 nitrogen and oxygen atoms in total. The van der Waals surface area contributed by atoms with Crippen molar-refractivity contribution < 1.29 is 18.0 Å². The van der Waals surface area contributed by atoms with E-state index in [1.54, 1.807) is 41.6 Å². The van der Waals surface area contributed by atoms with Crippen LogP contribution in [0.4, 0.5) is 13.2 Å². The highest BCUT2D eigenvalue weighted by atomic mass is 35.5. The van der Waals surface area contributed by atoms with Crippen LogP contribution in [-0.2, 0) is 19.3 Å². The summed E-state index contributed by atoms with van der Waals surface area (Å²) in [5.41, 5.74) is 0.613. The Balaban J connectivity index is 1.50. The number of carbonyl (C=O) groups is 1. The lowest BCUT2D eigenvalue weighted by molar-refractivity contribution is -0.137. The van der Waals surface area contributed by atoms with Crippen LogP contribution in [0.15, 0.2) is 60.9 Å². The third-order valence-corrected chi connectivity index (χ3v) is 5.34. The summed E-state index contributed by atoms with van der Waals surface area (Å²) >= 11 is 5.92. The molecule has 30 heavy (non-hydrogen) atoms. The smallest absolute Gasteiger partial charge is 0.329 e. The standard InChI is InChI=1S/C22H19ClF3N3O/c23-18-7-3-16(4-8-18)21(30)29(19-9-10-19)14-20-27-11-12-28(20)13-15-1-5-17(6-2-15)22(24,25)26/h1-8,11-12,19H,9-10,13-14H2. The molecule has 1 aromatic heterocycles. The van der Waals surface area contributed by atoms with E-state index >= 15 is 0 Å². The van der Waals surface area contributed by atoms with Crippen molar-refractivity contribution in [3.8, 4) is 0 Å². The van der Waals surface area contributed by atoms with Crippen LogP contribution in [0.25, 0.3) is 0 Å². The SMILES string of the molecule is O=C(c1ccc(Cl)cc1)N(Cc1nccn1Cc1ccc(C(F)(F)F)cc1)C1CC1. The second-order valence-corrected chi connectivity index (χ2v) is 7.77. The molecule has 0 bridgehead atoms. The molecule has 1 heterocycles. The maximum atomic E-state index is 13.0. The lowest BCUT2D eigenvalue weighted by Crippen LogP contribution is -2.33. The molecule has 0 saturated heterocycles. The van der Waals surface area contributed by atoms with Gasteiger partial charge in [0.25, 0.3) is 5.91 Å². The van der Waals surface area contributed by atoms with Crippen LogP contribution in [-0.4, -0.2) is 26.4 Å². The van der Waals surface area contributed by atoms with Gasteiger partial charge in [-0.05, 0) is 54.8 Å². The van der Waals surface area contributed by atoms with Crippen molar-refractivity contribution >= 4 is 17.5 Å². The highest BCUT2D eigenvalue weighted by Crippen LogP contribution is 2.31. The summed E-state index contributed by atoms with van der Waals surface area (Å²) in [6.07, 6.45) is 0.936. The van der Waals surface area contributed by atoms with Gasteiger partial charge in [-0.3, -0.25) is 4.79 Å². The molecule has 0 N–H and O–H groups in total. The minimum absolute atomic E-state index is 0.0850. The van der Waals surface area contributed by atoms with Gasteiger partial charge in [-0.1, -0.05) is 23.7 Å². The van der Waals surface area contributed by atoms with Crippen molar-refractivity contribution in [1.29, 1.82) is 0 Å². The van der Waals surface area contributed by atoms with Crippen LogP contribution in [0.5, 0.6) is 0 Å². The van der Waals surface area contributed by atoms with Crippen molar-refractivity contribution in [2.24, 2.45) is 0 Å². The first-order chi connectivity index (χ1) is 14.3. The van der Waals surface area contributed by atoms with Crippen molar-refractivity contribution in [2.45, 2.75) is 38.1 Å². The topological polar surface area (TPSA) is 38.1 Å². The van der Waals surface area contributed by atoms with E-state index in [2.05, 4.69) is 4.98 Å². The van der Waals surface area contributed by atoms with E-state index in [4.69, 9.17) is 11.6 Å². The second-order valence-electron chi connectivity index (χ2n) is 7.34. The minimum atomic E-state index is -4.36. The fraction of sp³-hybridized carbons (Fsp3) is 0.273. The van der Waals surface area contributed by atoms with Crippen molar-refractivity contribution in [1.82, 2.24) is 14.5 Å². The van der Waals surface area contributed by atoms with Crippen molar-refractivity contribution in [2.75, 3.05) is 0 Å². The highest BCUT2D eigenvalue weighted by Gasteiger charge is 2.34. The van der Waals surface area contributed by atoms with Crippen molar-refractivity contribution in [3.05, 3.63) is 88.5 Å². The maximum absolute atomic E-state index is 13.0. The number of aromatic nitrogens is 2. The molecular weight excluding hydrogens is 415 g/mol. The van der Waals surface area contributed by atoms with Gasteiger partial charge in [0.2, 0.25) is 0 Å². The molecule has 8 heteroatoms. The van der Waals surface area contributed by atoms with Gasteiger partial charge in [0.1, 0.15) is 5.82 Å². The summed E-state index contributed by atoms with van der Waals surface area (Å²) in [7, 11) is 0. The Hall–Kier alpha value is -2.80. The fourth-order valence-corrected chi connectivity index (χ4v) is 3.42. The number of nitrogens with zero attached hydrogens (tertiary/aromatic N) is 3. The Kier molecular flexibility index (Phi) is 5.56. The van der Waals surface area contributed by atoms with E-state index in [1.807, 2.05) is 4.57 Å². The predicted octanol–water partition coefficient (Wildman–Crippen LogP) is 5.41. The Labute approximate surface area is 176 Å². The minimum Gasteiger partial charge on any atom is -0.329 e. The molecule has 2 aromatic carbocycles. The second kappa shape index (κ2) is 8.14. The van der Waals surface area contributed by atoms with Crippen LogP contribution in [0.1, 0.15) is 40.2 Å². The Morgan fingerprint density at radius 3 is 2.37 bits per heavy atom. The molecule has 0 spiro atoms. The zero-order valence-corrected chi connectivity index (χ0v) is 16.7. The van der Waals surface area contributed by atoms with E-state index in [0.29, 0.717) is 29.5 Å². The number of hydrogen-bond donors (Lipinski definition) is 0. The maximum Gasteiger partial charge on any atom is 0.416 e. The third-order valence-electron chi connectivity index (χ3n) is 5.09. The molecular formula is C22H19ClF3N3O. The van der Waals surface area contributed by atoms with Crippen LogP contribution in [0.3, 0.4) is 0 Å². The first kappa shape index (κ1) is 20.5. The summed E-state index contributed by atoms with van der Waals surface area (Å²) in [4.78, 5) is 19.2. The highest BCUT2D eigenvalue weighted by molar-refractivity contribution is 6.30. The quantitative estimate of drug-likeness (QED) is 0.521. The molecule has 3 aromatic rings. The van der Waals surface area contributed by atoms with Gasteiger partial charge in [-0.2, -0.15) is 13.2 Å². The van der Waals surface area contributed by atoms with E-state index in [-0.39, 0.29) is 11.9 Å². The number of rotatable bonds is 6. The van der Waals surface area contributed by atoms with Gasteiger partial charge < -0.3 is 9.47 Å². The normalized spacial score (nSPS) is 14.0. The summed E-state index contributed by atoms with van der Waals surface area (Å²) in [6, 6.07) is 12.0. The summed E-state index contributed by atoms with van der Waals surface area (Å²) in [5.74, 6) is 0.599. The zero-order valence-electron chi connectivity index (χ0n) is 15.9. The monoisotopic (exact) mass is 433 g/mol. The molecule has 1 fully saturated rings. The molecule has 0 radical (unpaired) electrons. The van der Waals surface area contributed by atoms with Gasteiger partial charge in [0.15, 0.2) is 0 Å². The van der Waals surface area contributed by atoms with E-state index < -0.39 is 11.7 Å². The van der Waals surface area contributed by atoms with Crippen LogP contribution in [0, 0.1) is 0 Å². The molecule has 156 valence electrons. The summed E-state index contributed by atoms with van der Waals surface area (Å²) < 4.78 is 40.1. The lowest BCUT2D eigenvalue weighted by atomic mass is 10.1. The van der Waals surface area contributed by atoms with E-state index in [1.165, 1.54) is 12.1 Å². The van der Waals surface area contributed by atoms with Gasteiger partial charge in [-0.15, -0.1) is 0 Å². The molecule has 1 saturated carbocycles. The molecule has 0 aliphatic heterocycles. The number of imidazole rings is 1. The molecule has 0 unspecified atom stereocenters. The van der Waals surface area contributed by atoms with Crippen LogP contribution < -0.4 is 0 Å². The van der Waals surface area contributed by atoms with Crippen LogP contribution in [0.2, 0.25) is 5.02 Å². The number of benzene rings is 2. The largest absolute Gasteiger partial charge is 0.416 e. The first-order valence-electron chi connectivity index (χ1n) is 9.54. The lowest BCUT2D eigenvalue weighted by Gasteiger charge is -2.23. The summed E-state index contributed by atoms with van der Waals surface area (Å²) in [5, 5.41) is 0.566. The number of amides is 1. The van der Waals surface area contributed by atoms with Gasteiger partial charge >= 0.3 is 6.18 Å². The Morgan fingerprint density at radius 1 is 1.10 bits per heavy atom. The number of carbonyl (C=O) groups excluding carboxylic acids is 1. The van der Waals surface area contributed by atoms with Gasteiger partial charge in [-0.25, -0.2) is 4.98 Å². The average Bonchev–Trinajstić information content (AvgIpc) is 3.46. The average molecular weight is 434 g/mol. The molecule has 1 aliphatic carbocycles. The molecule has 1 aliphatic rings. The van der Waals surface area contributed by atoms with E-state index in [0.717, 1.165) is 30.5 Å². The summed E-state index contributed by atoms with van der Waals surface area (Å²) in [6.45, 7) is 0.709. The van der Waals surface area contributed by atoms with Crippen LogP contribution >= 0.6 is 11.6 Å². The number of alkyl halides is 3. The molecule has 4 rings (SSSR count). The van der Waals surface area contributed by atoms with Crippen molar-refractivity contribution in [3.63, 3.8) is 0 Å². The predicted molar refractivity (Wildman–Crippen MR) is 107 cm³/mol. The molecule has 1 amide bonds. The zero-order chi connectivity index (χ0) is 21.3. The first-order valence-corrected chi connectivity index (χ1v) is 9.92. The van der Waals surface area contributed by atoms with Gasteiger partial charge in [0, 0.05) is 35.6 Å². The Morgan fingerprint density at radius 2 is 1.77 bits per heavy atom. The molecule has 0 atom stereocenters. The Bertz CT molecular complexity index is 1030. The third kappa shape index (κ3) is 4.67. The van der Waals surface area contributed by atoms with E-state index in [9.17, 15) is 18.0 Å². The van der Waals surface area contributed by atoms with Gasteiger partial charge in [0.05, 0.1) is 12.1 Å². The number of hydrogen-bond acceptors (Lipinski definition) is 2. The fourth-order valence-electron chi connectivity index (χ4n) is 3.30. The number of halogens is 4.